The number of likely N-dealkylation sites (tertiary alicyclic amines) is 1. The quantitative estimate of drug-likeness (QED) is 0.755. The Labute approximate surface area is 161 Å². The lowest BCUT2D eigenvalue weighted by molar-refractivity contribution is -0.123. The van der Waals surface area contributed by atoms with Gasteiger partial charge in [-0.05, 0) is 44.9 Å². The predicted octanol–water partition coefficient (Wildman–Crippen LogP) is 2.48. The molecule has 140 valence electrons. The Morgan fingerprint density at radius 2 is 2.12 bits per heavy atom. The predicted molar refractivity (Wildman–Crippen MR) is 108 cm³/mol. The number of nitrogens with two attached hydrogens (primary N) is 1. The number of piperidine rings is 1. The molecule has 1 fully saturated rings. The molecule has 2 heterocycles. The molecule has 2 aromatic rings. The fourth-order valence-electron chi connectivity index (χ4n) is 3.36. The first-order valence-corrected chi connectivity index (χ1v) is 8.36. The van der Waals surface area contributed by atoms with Gasteiger partial charge in [0.1, 0.15) is 0 Å². The van der Waals surface area contributed by atoms with Crippen LogP contribution in [-0.4, -0.2) is 47.5 Å². The highest BCUT2D eigenvalue weighted by Gasteiger charge is 2.25. The van der Waals surface area contributed by atoms with Crippen molar-refractivity contribution in [3.05, 3.63) is 36.0 Å². The lowest BCUT2D eigenvalue weighted by Crippen LogP contribution is -2.51. The molecule has 3 rings (SSSR count). The van der Waals surface area contributed by atoms with Gasteiger partial charge in [-0.3, -0.25) is 4.79 Å². The number of carbonyl (C=O) groups excluding carboxylic acids is 1. The minimum absolute atomic E-state index is 0. The molecular weight excluding hydrogens is 359 g/mol. The van der Waals surface area contributed by atoms with Crippen LogP contribution in [0.5, 0.6) is 0 Å². The zero-order valence-electron chi connectivity index (χ0n) is 14.7. The van der Waals surface area contributed by atoms with Crippen LogP contribution in [-0.2, 0) is 11.2 Å². The summed E-state index contributed by atoms with van der Waals surface area (Å²) in [5.41, 5.74) is 8.32. The maximum Gasteiger partial charge on any atom is 0.237 e. The van der Waals surface area contributed by atoms with Gasteiger partial charge in [-0.15, -0.1) is 24.8 Å². The topological polar surface area (TPSA) is 74.1 Å². The number of aromatic nitrogens is 1. The van der Waals surface area contributed by atoms with E-state index < -0.39 is 6.04 Å². The summed E-state index contributed by atoms with van der Waals surface area (Å²) < 4.78 is 0. The highest BCUT2D eigenvalue weighted by Crippen LogP contribution is 2.19. The molecule has 25 heavy (non-hydrogen) atoms. The number of carbonyl (C=O) groups is 1. The third kappa shape index (κ3) is 5.11. The molecule has 4 N–H and O–H groups in total. The van der Waals surface area contributed by atoms with Gasteiger partial charge in [0.25, 0.3) is 0 Å². The summed E-state index contributed by atoms with van der Waals surface area (Å²) in [6.45, 7) is 3.22. The van der Waals surface area contributed by atoms with Crippen LogP contribution in [0.2, 0.25) is 0 Å². The molecule has 3 atom stereocenters. The molecule has 5 nitrogen and oxygen atoms in total. The van der Waals surface area contributed by atoms with E-state index in [1.165, 1.54) is 0 Å². The normalized spacial score (nSPS) is 21.9. The van der Waals surface area contributed by atoms with E-state index in [9.17, 15) is 4.79 Å². The van der Waals surface area contributed by atoms with Crippen molar-refractivity contribution in [2.45, 2.75) is 44.3 Å². The van der Waals surface area contributed by atoms with Crippen LogP contribution in [0.4, 0.5) is 0 Å². The van der Waals surface area contributed by atoms with Crippen molar-refractivity contribution in [3.8, 4) is 0 Å². The molecule has 7 heteroatoms. The fourth-order valence-corrected chi connectivity index (χ4v) is 3.36. The second-order valence-corrected chi connectivity index (χ2v) is 6.73. The molecule has 1 aliphatic rings. The van der Waals surface area contributed by atoms with Crippen molar-refractivity contribution >= 4 is 41.6 Å². The van der Waals surface area contributed by atoms with E-state index in [4.69, 9.17) is 5.73 Å². The zero-order valence-corrected chi connectivity index (χ0v) is 16.3. The van der Waals surface area contributed by atoms with Crippen LogP contribution in [0.1, 0.15) is 25.3 Å². The van der Waals surface area contributed by atoms with Gasteiger partial charge in [0.15, 0.2) is 0 Å². The van der Waals surface area contributed by atoms with E-state index >= 15 is 0 Å². The first-order chi connectivity index (χ1) is 11.0. The van der Waals surface area contributed by atoms with E-state index in [1.807, 2.05) is 24.4 Å². The maximum atomic E-state index is 12.4. The molecular formula is C18H28Cl2N4O. The number of hydrogen-bond donors (Lipinski definition) is 3. The van der Waals surface area contributed by atoms with Crippen molar-refractivity contribution in [2.24, 2.45) is 5.73 Å². The first-order valence-electron chi connectivity index (χ1n) is 8.36. The molecule has 0 saturated carbocycles. The summed E-state index contributed by atoms with van der Waals surface area (Å²) in [5.74, 6) is -0.0444. The molecule has 1 aromatic heterocycles. The number of H-pyrrole nitrogens is 1. The van der Waals surface area contributed by atoms with E-state index in [-0.39, 0.29) is 36.8 Å². The van der Waals surface area contributed by atoms with E-state index in [0.717, 1.165) is 35.9 Å². The number of rotatable bonds is 4. The SMILES string of the molecule is CC1CC(NC(=O)[C@@H](N)Cc2c[nH]c3ccccc23)CCN1C.Cl.Cl. The minimum Gasteiger partial charge on any atom is -0.361 e. The molecule has 0 spiro atoms. The number of fused-ring (bicyclic) bond motifs is 1. The summed E-state index contributed by atoms with van der Waals surface area (Å²) in [7, 11) is 2.13. The van der Waals surface area contributed by atoms with Gasteiger partial charge in [0.05, 0.1) is 6.04 Å². The molecule has 1 aromatic carbocycles. The van der Waals surface area contributed by atoms with E-state index in [0.29, 0.717) is 12.5 Å². The Morgan fingerprint density at radius 3 is 2.84 bits per heavy atom. The second-order valence-electron chi connectivity index (χ2n) is 6.73. The van der Waals surface area contributed by atoms with Crippen LogP contribution < -0.4 is 11.1 Å². The van der Waals surface area contributed by atoms with Crippen LogP contribution in [0.25, 0.3) is 10.9 Å². The van der Waals surface area contributed by atoms with Gasteiger partial charge in [-0.1, -0.05) is 18.2 Å². The zero-order chi connectivity index (χ0) is 16.4. The van der Waals surface area contributed by atoms with Crippen molar-refractivity contribution < 1.29 is 4.79 Å². The highest BCUT2D eigenvalue weighted by atomic mass is 35.5. The van der Waals surface area contributed by atoms with Crippen molar-refractivity contribution in [2.75, 3.05) is 13.6 Å². The Bertz CT molecular complexity index is 691. The molecule has 0 aliphatic carbocycles. The maximum absolute atomic E-state index is 12.4. The lowest BCUT2D eigenvalue weighted by Gasteiger charge is -2.35. The lowest BCUT2D eigenvalue weighted by atomic mass is 9.98. The number of para-hydroxylation sites is 1. The third-order valence-electron chi connectivity index (χ3n) is 5.01. The van der Waals surface area contributed by atoms with Gasteiger partial charge < -0.3 is 20.9 Å². The van der Waals surface area contributed by atoms with Gasteiger partial charge in [-0.2, -0.15) is 0 Å². The van der Waals surface area contributed by atoms with Gasteiger partial charge in [0.2, 0.25) is 5.91 Å². The summed E-state index contributed by atoms with van der Waals surface area (Å²) in [6, 6.07) is 8.32. The number of nitrogens with zero attached hydrogens (tertiary/aromatic N) is 1. The van der Waals surface area contributed by atoms with Gasteiger partial charge >= 0.3 is 0 Å². The summed E-state index contributed by atoms with van der Waals surface area (Å²) in [5, 5.41) is 4.27. The van der Waals surface area contributed by atoms with Gasteiger partial charge in [-0.25, -0.2) is 0 Å². The third-order valence-corrected chi connectivity index (χ3v) is 5.01. The standard InChI is InChI=1S/C18H26N4O.2ClH/c1-12-9-14(7-8-22(12)2)21-18(23)16(19)10-13-11-20-17-6-4-3-5-15(13)17;;/h3-6,11-12,14,16,20H,7-10,19H2,1-2H3,(H,21,23);2*1H/t12?,14?,16-;;/m0../s1. The largest absolute Gasteiger partial charge is 0.361 e. The van der Waals surface area contributed by atoms with Crippen LogP contribution >= 0.6 is 24.8 Å². The number of aromatic amines is 1. The molecule has 0 bridgehead atoms. The summed E-state index contributed by atoms with van der Waals surface area (Å²) in [6.07, 6.45) is 4.49. The number of benzene rings is 1. The monoisotopic (exact) mass is 386 g/mol. The van der Waals surface area contributed by atoms with E-state index in [1.54, 1.807) is 0 Å². The average molecular weight is 387 g/mol. The average Bonchev–Trinajstić information content (AvgIpc) is 2.94. The number of hydrogen-bond acceptors (Lipinski definition) is 3. The fraction of sp³-hybridized carbons (Fsp3) is 0.500. The molecule has 0 radical (unpaired) electrons. The van der Waals surface area contributed by atoms with Crippen LogP contribution in [0, 0.1) is 0 Å². The van der Waals surface area contributed by atoms with Crippen LogP contribution in [0.3, 0.4) is 0 Å². The smallest absolute Gasteiger partial charge is 0.237 e. The second kappa shape index (κ2) is 9.43. The highest BCUT2D eigenvalue weighted by molar-refractivity contribution is 5.86. The first kappa shape index (κ1) is 21.8. The molecule has 1 aliphatic heterocycles. The Hall–Kier alpha value is -1.27. The Kier molecular flexibility index (Phi) is 8.22. The van der Waals surface area contributed by atoms with Crippen molar-refractivity contribution in [3.63, 3.8) is 0 Å². The molecule has 2 unspecified atom stereocenters. The number of amides is 1. The van der Waals surface area contributed by atoms with Crippen LogP contribution in [0.15, 0.2) is 30.5 Å². The Balaban J connectivity index is 0.00000156. The van der Waals surface area contributed by atoms with Crippen molar-refractivity contribution in [1.29, 1.82) is 0 Å². The summed E-state index contributed by atoms with van der Waals surface area (Å²) in [4.78, 5) is 18.0. The van der Waals surface area contributed by atoms with Crippen molar-refractivity contribution in [1.82, 2.24) is 15.2 Å². The molecule has 1 saturated heterocycles. The molecule has 1 amide bonds. The van der Waals surface area contributed by atoms with E-state index in [2.05, 4.69) is 35.2 Å². The Morgan fingerprint density at radius 1 is 1.40 bits per heavy atom. The van der Waals surface area contributed by atoms with Gasteiger partial charge in [0, 0.05) is 35.7 Å². The number of nitrogens with one attached hydrogen (secondary N) is 2. The summed E-state index contributed by atoms with van der Waals surface area (Å²) >= 11 is 0. The number of halogens is 2. The minimum atomic E-state index is -0.510.